The molecule has 1 aliphatic heterocycles. The quantitative estimate of drug-likeness (QED) is 0.666. The highest BCUT2D eigenvalue weighted by Crippen LogP contribution is 2.38. The summed E-state index contributed by atoms with van der Waals surface area (Å²) in [4.78, 5) is 0. The minimum Gasteiger partial charge on any atom is -0.381 e. The lowest BCUT2D eigenvalue weighted by Crippen LogP contribution is -2.39. The SMILES string of the molecule is COC1CCCC2(C1)OCC(CCl)O2. The van der Waals surface area contributed by atoms with E-state index >= 15 is 0 Å². The second kappa shape index (κ2) is 4.35. The summed E-state index contributed by atoms with van der Waals surface area (Å²) in [5, 5.41) is 0. The number of methoxy groups -OCH3 is 1. The van der Waals surface area contributed by atoms with E-state index in [1.807, 2.05) is 0 Å². The molecule has 2 aliphatic rings. The van der Waals surface area contributed by atoms with E-state index in [0.717, 1.165) is 25.7 Å². The number of ether oxygens (including phenoxy) is 3. The predicted octanol–water partition coefficient (Wildman–Crippen LogP) is 1.93. The first kappa shape index (κ1) is 10.7. The molecule has 1 saturated carbocycles. The summed E-state index contributed by atoms with van der Waals surface area (Å²) in [5.74, 6) is 0.123. The van der Waals surface area contributed by atoms with Gasteiger partial charge in [-0.25, -0.2) is 0 Å². The Bertz CT molecular complexity index is 200. The fourth-order valence-corrected chi connectivity index (χ4v) is 2.43. The summed E-state index contributed by atoms with van der Waals surface area (Å²) in [6.45, 7) is 0.625. The minimum absolute atomic E-state index is 0.0623. The van der Waals surface area contributed by atoms with E-state index in [-0.39, 0.29) is 12.2 Å². The standard InChI is InChI=1S/C10H17ClO3/c1-12-8-3-2-4-10(5-8)13-7-9(6-11)14-10/h8-9H,2-7H2,1H3. The van der Waals surface area contributed by atoms with Crippen molar-refractivity contribution in [3.63, 3.8) is 0 Å². The van der Waals surface area contributed by atoms with Crippen molar-refractivity contribution < 1.29 is 14.2 Å². The average molecular weight is 221 g/mol. The smallest absolute Gasteiger partial charge is 0.171 e. The molecule has 4 heteroatoms. The van der Waals surface area contributed by atoms with Crippen molar-refractivity contribution in [1.82, 2.24) is 0 Å². The van der Waals surface area contributed by atoms with Crippen LogP contribution in [0.3, 0.4) is 0 Å². The topological polar surface area (TPSA) is 27.7 Å². The number of alkyl halides is 1. The van der Waals surface area contributed by atoms with Gasteiger partial charge in [0.25, 0.3) is 0 Å². The van der Waals surface area contributed by atoms with Gasteiger partial charge in [0.1, 0.15) is 0 Å². The van der Waals surface area contributed by atoms with Crippen LogP contribution in [0.2, 0.25) is 0 Å². The molecule has 1 aliphatic carbocycles. The first-order valence-electron chi connectivity index (χ1n) is 5.18. The van der Waals surface area contributed by atoms with E-state index in [1.165, 1.54) is 0 Å². The molecule has 1 heterocycles. The van der Waals surface area contributed by atoms with Gasteiger partial charge in [-0.05, 0) is 12.8 Å². The maximum Gasteiger partial charge on any atom is 0.171 e. The van der Waals surface area contributed by atoms with Crippen LogP contribution in [0.1, 0.15) is 25.7 Å². The van der Waals surface area contributed by atoms with Gasteiger partial charge in [-0.15, -0.1) is 11.6 Å². The van der Waals surface area contributed by atoms with Gasteiger partial charge in [0.2, 0.25) is 0 Å². The third-order valence-corrected chi connectivity index (χ3v) is 3.39. The molecule has 82 valence electrons. The third-order valence-electron chi connectivity index (χ3n) is 3.04. The molecule has 0 radical (unpaired) electrons. The van der Waals surface area contributed by atoms with Crippen LogP contribution in [-0.2, 0) is 14.2 Å². The summed E-state index contributed by atoms with van der Waals surface area (Å²) in [6.07, 6.45) is 4.37. The molecule has 0 amide bonds. The number of hydrogen-bond acceptors (Lipinski definition) is 3. The lowest BCUT2D eigenvalue weighted by atomic mass is 9.91. The maximum atomic E-state index is 5.84. The maximum absolute atomic E-state index is 5.84. The fourth-order valence-electron chi connectivity index (χ4n) is 2.28. The molecule has 3 unspecified atom stereocenters. The minimum atomic E-state index is -0.390. The Hall–Kier alpha value is 0.170. The van der Waals surface area contributed by atoms with Gasteiger partial charge in [0, 0.05) is 20.0 Å². The Balaban J connectivity index is 1.95. The summed E-state index contributed by atoms with van der Waals surface area (Å²) in [5.41, 5.74) is 0. The summed E-state index contributed by atoms with van der Waals surface area (Å²) in [6, 6.07) is 0. The average Bonchev–Trinajstić information content (AvgIpc) is 2.61. The number of halogens is 1. The largest absolute Gasteiger partial charge is 0.381 e. The highest BCUT2D eigenvalue weighted by molar-refractivity contribution is 6.18. The summed E-state index contributed by atoms with van der Waals surface area (Å²) >= 11 is 5.74. The Kier molecular flexibility index (Phi) is 3.32. The number of rotatable bonds is 2. The van der Waals surface area contributed by atoms with Crippen LogP contribution in [-0.4, -0.2) is 37.6 Å². The molecule has 1 saturated heterocycles. The van der Waals surface area contributed by atoms with Gasteiger partial charge in [-0.2, -0.15) is 0 Å². The molecular weight excluding hydrogens is 204 g/mol. The molecule has 1 spiro atoms. The highest BCUT2D eigenvalue weighted by atomic mass is 35.5. The van der Waals surface area contributed by atoms with Crippen LogP contribution in [0.5, 0.6) is 0 Å². The molecule has 0 aromatic heterocycles. The normalized spacial score (nSPS) is 43.3. The van der Waals surface area contributed by atoms with E-state index in [0.29, 0.717) is 12.5 Å². The molecule has 0 bridgehead atoms. The zero-order valence-electron chi connectivity index (χ0n) is 8.50. The molecule has 14 heavy (non-hydrogen) atoms. The Morgan fingerprint density at radius 2 is 2.43 bits per heavy atom. The fraction of sp³-hybridized carbons (Fsp3) is 1.00. The van der Waals surface area contributed by atoms with Crippen molar-refractivity contribution in [3.05, 3.63) is 0 Å². The van der Waals surface area contributed by atoms with Crippen LogP contribution in [0, 0.1) is 0 Å². The first-order chi connectivity index (χ1) is 6.78. The van der Waals surface area contributed by atoms with Crippen molar-refractivity contribution in [2.24, 2.45) is 0 Å². The van der Waals surface area contributed by atoms with Crippen molar-refractivity contribution in [1.29, 1.82) is 0 Å². The van der Waals surface area contributed by atoms with Gasteiger partial charge >= 0.3 is 0 Å². The molecule has 2 rings (SSSR count). The molecular formula is C10H17ClO3. The Labute approximate surface area is 89.7 Å². The monoisotopic (exact) mass is 220 g/mol. The van der Waals surface area contributed by atoms with Crippen LogP contribution < -0.4 is 0 Å². The molecule has 0 aromatic rings. The zero-order chi connectivity index (χ0) is 10.0. The van der Waals surface area contributed by atoms with E-state index in [1.54, 1.807) is 7.11 Å². The third kappa shape index (κ3) is 2.06. The van der Waals surface area contributed by atoms with Crippen LogP contribution in [0.25, 0.3) is 0 Å². The summed E-state index contributed by atoms with van der Waals surface area (Å²) < 4.78 is 16.9. The predicted molar refractivity (Wildman–Crippen MR) is 53.5 cm³/mol. The van der Waals surface area contributed by atoms with E-state index in [4.69, 9.17) is 25.8 Å². The van der Waals surface area contributed by atoms with Crippen molar-refractivity contribution in [2.45, 2.75) is 43.7 Å². The second-order valence-corrected chi connectivity index (χ2v) is 4.38. The first-order valence-corrected chi connectivity index (χ1v) is 5.72. The molecule has 3 atom stereocenters. The molecule has 2 fully saturated rings. The van der Waals surface area contributed by atoms with Gasteiger partial charge in [-0.3, -0.25) is 0 Å². The Morgan fingerprint density at radius 3 is 3.07 bits per heavy atom. The van der Waals surface area contributed by atoms with Crippen molar-refractivity contribution >= 4 is 11.6 Å². The second-order valence-electron chi connectivity index (χ2n) is 4.07. The highest BCUT2D eigenvalue weighted by Gasteiger charge is 2.44. The van der Waals surface area contributed by atoms with Crippen molar-refractivity contribution in [2.75, 3.05) is 19.6 Å². The van der Waals surface area contributed by atoms with Gasteiger partial charge in [-0.1, -0.05) is 0 Å². The number of hydrogen-bond donors (Lipinski definition) is 0. The van der Waals surface area contributed by atoms with E-state index in [2.05, 4.69) is 0 Å². The lowest BCUT2D eigenvalue weighted by Gasteiger charge is -2.35. The van der Waals surface area contributed by atoms with Crippen LogP contribution in [0.4, 0.5) is 0 Å². The van der Waals surface area contributed by atoms with E-state index in [9.17, 15) is 0 Å². The Morgan fingerprint density at radius 1 is 1.57 bits per heavy atom. The van der Waals surface area contributed by atoms with E-state index < -0.39 is 5.79 Å². The van der Waals surface area contributed by atoms with Crippen molar-refractivity contribution in [3.8, 4) is 0 Å². The lowest BCUT2D eigenvalue weighted by molar-refractivity contribution is -0.205. The zero-order valence-corrected chi connectivity index (χ0v) is 9.26. The van der Waals surface area contributed by atoms with Crippen LogP contribution >= 0.6 is 11.6 Å². The molecule has 3 nitrogen and oxygen atoms in total. The van der Waals surface area contributed by atoms with Gasteiger partial charge in [0.15, 0.2) is 5.79 Å². The van der Waals surface area contributed by atoms with Gasteiger partial charge in [0.05, 0.1) is 24.7 Å². The summed E-state index contributed by atoms with van der Waals surface area (Å²) in [7, 11) is 1.75. The van der Waals surface area contributed by atoms with Crippen LogP contribution in [0.15, 0.2) is 0 Å². The molecule has 0 aromatic carbocycles. The van der Waals surface area contributed by atoms with Gasteiger partial charge < -0.3 is 14.2 Å². The molecule has 0 N–H and O–H groups in total.